The van der Waals surface area contributed by atoms with E-state index in [0.717, 1.165) is 4.47 Å². The lowest BCUT2D eigenvalue weighted by Crippen LogP contribution is -2.01. The van der Waals surface area contributed by atoms with Crippen molar-refractivity contribution in [2.75, 3.05) is 0 Å². The van der Waals surface area contributed by atoms with Crippen LogP contribution in [-0.4, -0.2) is 10.9 Å². The predicted octanol–water partition coefficient (Wildman–Crippen LogP) is 2.98. The van der Waals surface area contributed by atoms with Gasteiger partial charge in [-0.2, -0.15) is 0 Å². The largest absolute Gasteiger partial charge is 0.361 e. The molecule has 0 aliphatic carbocycles. The third kappa shape index (κ3) is 1.99. The van der Waals surface area contributed by atoms with Crippen molar-refractivity contribution >= 4 is 21.7 Å². The molecule has 1 aromatic heterocycles. The van der Waals surface area contributed by atoms with Crippen molar-refractivity contribution in [1.82, 2.24) is 5.16 Å². The molecule has 0 aliphatic rings. The Hall–Kier alpha value is -1.42. The highest BCUT2D eigenvalue weighted by Gasteiger charge is 2.14. The number of benzene rings is 1. The number of aromatic nitrogens is 1. The van der Waals surface area contributed by atoms with Gasteiger partial charge in [-0.15, -0.1) is 0 Å². The fourth-order valence-corrected chi connectivity index (χ4v) is 1.70. The first-order valence-electron chi connectivity index (χ1n) is 4.40. The molecule has 0 atom stereocenters. The molecule has 0 spiro atoms. The molecule has 0 aliphatic heterocycles. The molecule has 76 valence electrons. The standard InChI is InChI=1S/C11H8BrNO2/c1-7-10(6-13-15-7)11(14)8-3-2-4-9(12)5-8/h2-6H,1H3. The number of hydrogen-bond donors (Lipinski definition) is 0. The van der Waals surface area contributed by atoms with Crippen LogP contribution in [0.15, 0.2) is 39.5 Å². The van der Waals surface area contributed by atoms with E-state index >= 15 is 0 Å². The van der Waals surface area contributed by atoms with Crippen molar-refractivity contribution in [3.8, 4) is 0 Å². The fraction of sp³-hybridized carbons (Fsp3) is 0.0909. The quantitative estimate of drug-likeness (QED) is 0.785. The summed E-state index contributed by atoms with van der Waals surface area (Å²) in [4.78, 5) is 12.0. The average molecular weight is 266 g/mol. The molecular formula is C11H8BrNO2. The summed E-state index contributed by atoms with van der Waals surface area (Å²) >= 11 is 3.32. The second-order valence-electron chi connectivity index (χ2n) is 3.14. The van der Waals surface area contributed by atoms with Gasteiger partial charge in [-0.1, -0.05) is 33.2 Å². The molecule has 0 amide bonds. The summed E-state index contributed by atoms with van der Waals surface area (Å²) in [6.45, 7) is 1.72. The van der Waals surface area contributed by atoms with E-state index in [0.29, 0.717) is 16.9 Å². The number of halogens is 1. The molecule has 2 rings (SSSR count). The van der Waals surface area contributed by atoms with Crippen LogP contribution in [-0.2, 0) is 0 Å². The summed E-state index contributed by atoms with van der Waals surface area (Å²) in [7, 11) is 0. The van der Waals surface area contributed by atoms with Crippen molar-refractivity contribution in [2.24, 2.45) is 0 Å². The molecule has 0 bridgehead atoms. The Morgan fingerprint density at radius 3 is 2.87 bits per heavy atom. The first-order chi connectivity index (χ1) is 7.18. The fourth-order valence-electron chi connectivity index (χ4n) is 1.30. The molecule has 1 heterocycles. The van der Waals surface area contributed by atoms with Crippen molar-refractivity contribution < 1.29 is 9.32 Å². The second kappa shape index (κ2) is 3.98. The maximum Gasteiger partial charge on any atom is 0.198 e. The molecule has 0 saturated heterocycles. The van der Waals surface area contributed by atoms with Crippen LogP contribution in [0.4, 0.5) is 0 Å². The third-order valence-corrected chi connectivity index (χ3v) is 2.58. The zero-order valence-electron chi connectivity index (χ0n) is 8.03. The van der Waals surface area contributed by atoms with Crippen LogP contribution >= 0.6 is 15.9 Å². The number of rotatable bonds is 2. The zero-order chi connectivity index (χ0) is 10.8. The van der Waals surface area contributed by atoms with Gasteiger partial charge in [0, 0.05) is 10.0 Å². The summed E-state index contributed by atoms with van der Waals surface area (Å²) in [5.41, 5.74) is 1.13. The predicted molar refractivity (Wildman–Crippen MR) is 58.8 cm³/mol. The molecule has 1 aromatic carbocycles. The summed E-state index contributed by atoms with van der Waals surface area (Å²) in [5, 5.41) is 3.58. The topological polar surface area (TPSA) is 43.1 Å². The summed E-state index contributed by atoms with van der Waals surface area (Å²) in [6.07, 6.45) is 1.44. The smallest absolute Gasteiger partial charge is 0.198 e. The van der Waals surface area contributed by atoms with E-state index in [1.54, 1.807) is 19.1 Å². The highest BCUT2D eigenvalue weighted by molar-refractivity contribution is 9.10. The van der Waals surface area contributed by atoms with Gasteiger partial charge in [0.2, 0.25) is 0 Å². The summed E-state index contributed by atoms with van der Waals surface area (Å²) in [5.74, 6) is 0.468. The highest BCUT2D eigenvalue weighted by atomic mass is 79.9. The average Bonchev–Trinajstić information content (AvgIpc) is 2.63. The van der Waals surface area contributed by atoms with Crippen LogP contribution in [0.3, 0.4) is 0 Å². The van der Waals surface area contributed by atoms with Crippen LogP contribution in [0.2, 0.25) is 0 Å². The third-order valence-electron chi connectivity index (χ3n) is 2.08. The molecule has 4 heteroatoms. The SMILES string of the molecule is Cc1oncc1C(=O)c1cccc(Br)c1. The maximum atomic E-state index is 12.0. The Bertz CT molecular complexity index is 505. The van der Waals surface area contributed by atoms with E-state index < -0.39 is 0 Å². The van der Waals surface area contributed by atoms with E-state index in [4.69, 9.17) is 4.52 Å². The van der Waals surface area contributed by atoms with Crippen LogP contribution in [0.5, 0.6) is 0 Å². The van der Waals surface area contributed by atoms with Crippen molar-refractivity contribution in [3.63, 3.8) is 0 Å². The molecule has 0 unspecified atom stereocenters. The van der Waals surface area contributed by atoms with Gasteiger partial charge < -0.3 is 4.52 Å². The van der Waals surface area contributed by atoms with Crippen molar-refractivity contribution in [3.05, 3.63) is 51.8 Å². The van der Waals surface area contributed by atoms with Crippen LogP contribution in [0.1, 0.15) is 21.7 Å². The number of ketones is 1. The monoisotopic (exact) mass is 265 g/mol. The number of aryl methyl sites for hydroxylation is 1. The molecule has 3 nitrogen and oxygen atoms in total. The molecule has 15 heavy (non-hydrogen) atoms. The van der Waals surface area contributed by atoms with Gasteiger partial charge in [0.25, 0.3) is 0 Å². The molecule has 2 aromatic rings. The number of carbonyl (C=O) groups is 1. The van der Waals surface area contributed by atoms with Gasteiger partial charge in [0.05, 0.1) is 11.8 Å². The summed E-state index contributed by atoms with van der Waals surface area (Å²) in [6, 6.07) is 7.23. The second-order valence-corrected chi connectivity index (χ2v) is 4.05. The number of carbonyl (C=O) groups excluding carboxylic acids is 1. The van der Waals surface area contributed by atoms with Gasteiger partial charge in [-0.3, -0.25) is 4.79 Å². The Labute approximate surface area is 95.2 Å². The highest BCUT2D eigenvalue weighted by Crippen LogP contribution is 2.17. The van der Waals surface area contributed by atoms with E-state index in [1.165, 1.54) is 6.20 Å². The minimum Gasteiger partial charge on any atom is -0.361 e. The zero-order valence-corrected chi connectivity index (χ0v) is 9.61. The number of hydrogen-bond acceptors (Lipinski definition) is 3. The van der Waals surface area contributed by atoms with Crippen molar-refractivity contribution in [1.29, 1.82) is 0 Å². The van der Waals surface area contributed by atoms with Gasteiger partial charge in [0.1, 0.15) is 5.76 Å². The first kappa shape index (κ1) is 10.1. The Kier molecular flexibility index (Phi) is 2.68. The van der Waals surface area contributed by atoms with Gasteiger partial charge >= 0.3 is 0 Å². The Morgan fingerprint density at radius 1 is 1.47 bits per heavy atom. The minimum atomic E-state index is -0.0740. The van der Waals surface area contributed by atoms with Crippen LogP contribution < -0.4 is 0 Å². The molecule has 0 N–H and O–H groups in total. The molecule has 0 fully saturated rings. The minimum absolute atomic E-state index is 0.0740. The van der Waals surface area contributed by atoms with Crippen LogP contribution in [0.25, 0.3) is 0 Å². The lowest BCUT2D eigenvalue weighted by atomic mass is 10.1. The molecule has 0 radical (unpaired) electrons. The molecule has 0 saturated carbocycles. The maximum absolute atomic E-state index is 12.0. The van der Waals surface area contributed by atoms with E-state index in [1.807, 2.05) is 12.1 Å². The lowest BCUT2D eigenvalue weighted by Gasteiger charge is -1.98. The lowest BCUT2D eigenvalue weighted by molar-refractivity contribution is 0.103. The number of nitrogens with zero attached hydrogens (tertiary/aromatic N) is 1. The summed E-state index contributed by atoms with van der Waals surface area (Å²) < 4.78 is 5.73. The van der Waals surface area contributed by atoms with E-state index in [2.05, 4.69) is 21.1 Å². The van der Waals surface area contributed by atoms with Gasteiger partial charge in [0.15, 0.2) is 5.78 Å². The van der Waals surface area contributed by atoms with Crippen molar-refractivity contribution in [2.45, 2.75) is 6.92 Å². The molecular weight excluding hydrogens is 258 g/mol. The van der Waals surface area contributed by atoms with Crippen LogP contribution in [0, 0.1) is 6.92 Å². The van der Waals surface area contributed by atoms with E-state index in [9.17, 15) is 4.79 Å². The van der Waals surface area contributed by atoms with E-state index in [-0.39, 0.29) is 5.78 Å². The first-order valence-corrected chi connectivity index (χ1v) is 5.19. The Morgan fingerprint density at radius 2 is 2.27 bits per heavy atom. The normalized spacial score (nSPS) is 10.3. The van der Waals surface area contributed by atoms with Gasteiger partial charge in [-0.25, -0.2) is 0 Å². The van der Waals surface area contributed by atoms with Gasteiger partial charge in [-0.05, 0) is 19.1 Å². The Balaban J connectivity index is 2.41.